The molecule has 2 aromatic carbocycles. The minimum absolute atomic E-state index is 0.315. The quantitative estimate of drug-likeness (QED) is 0.676. The summed E-state index contributed by atoms with van der Waals surface area (Å²) >= 11 is 12.5. The summed E-state index contributed by atoms with van der Waals surface area (Å²) in [6.07, 6.45) is 0. The van der Waals surface area contributed by atoms with Crippen molar-refractivity contribution in [3.63, 3.8) is 0 Å². The number of nitrogen functional groups attached to an aromatic ring is 1. The Bertz CT molecular complexity index is 605. The molecule has 0 saturated heterocycles. The van der Waals surface area contributed by atoms with Crippen LogP contribution < -0.4 is 11.1 Å². The summed E-state index contributed by atoms with van der Waals surface area (Å²) in [7, 11) is 0. The normalized spacial score (nSPS) is 10.4. The number of hydrogen-bond donors (Lipinski definition) is 2. The number of nitrogens with two attached hydrogens (primary N) is 1. The number of nitrogens with one attached hydrogen (secondary N) is 1. The number of benzene rings is 2. The van der Waals surface area contributed by atoms with Crippen LogP contribution in [-0.4, -0.2) is 0 Å². The molecule has 0 heterocycles. The lowest BCUT2D eigenvalue weighted by molar-refractivity contribution is 0.622. The fraction of sp³-hybridized carbons (Fsp3) is 0. The van der Waals surface area contributed by atoms with E-state index in [1.807, 2.05) is 12.1 Å². The van der Waals surface area contributed by atoms with Crippen molar-refractivity contribution in [1.82, 2.24) is 0 Å². The standard InChI is InChI=1S/C12H8Br2ClFN2/c13-6-1-2-11(8(15)3-6)18-12-4-7(14)9(16)5-10(12)17/h1-5,18H,17H2. The number of hydrogen-bond acceptors (Lipinski definition) is 2. The maximum Gasteiger partial charge on any atom is 0.139 e. The number of rotatable bonds is 2. The summed E-state index contributed by atoms with van der Waals surface area (Å²) < 4.78 is 14.5. The molecule has 0 aliphatic heterocycles. The molecule has 0 aliphatic carbocycles. The van der Waals surface area contributed by atoms with Crippen molar-refractivity contribution in [2.45, 2.75) is 0 Å². The van der Waals surface area contributed by atoms with E-state index in [2.05, 4.69) is 37.2 Å². The molecule has 0 radical (unpaired) electrons. The molecular weight excluding hydrogens is 386 g/mol. The second kappa shape index (κ2) is 5.47. The summed E-state index contributed by atoms with van der Waals surface area (Å²) in [5, 5.41) is 3.61. The van der Waals surface area contributed by atoms with Crippen molar-refractivity contribution < 1.29 is 4.39 Å². The van der Waals surface area contributed by atoms with E-state index >= 15 is 0 Å². The van der Waals surface area contributed by atoms with Crippen molar-refractivity contribution in [2.24, 2.45) is 0 Å². The highest BCUT2D eigenvalue weighted by molar-refractivity contribution is 9.10. The van der Waals surface area contributed by atoms with Gasteiger partial charge in [-0.2, -0.15) is 0 Å². The zero-order valence-electron chi connectivity index (χ0n) is 8.98. The largest absolute Gasteiger partial charge is 0.397 e. The Balaban J connectivity index is 2.37. The van der Waals surface area contributed by atoms with Crippen LogP contribution in [0.25, 0.3) is 0 Å². The van der Waals surface area contributed by atoms with Gasteiger partial charge in [-0.25, -0.2) is 4.39 Å². The van der Waals surface area contributed by atoms with E-state index in [0.29, 0.717) is 26.6 Å². The van der Waals surface area contributed by atoms with E-state index < -0.39 is 5.82 Å². The van der Waals surface area contributed by atoms with Gasteiger partial charge in [-0.15, -0.1) is 0 Å². The molecule has 6 heteroatoms. The molecular formula is C12H8Br2ClFN2. The topological polar surface area (TPSA) is 38.0 Å². The van der Waals surface area contributed by atoms with Crippen molar-refractivity contribution in [3.05, 3.63) is 50.1 Å². The third-order valence-corrected chi connectivity index (χ3v) is 3.71. The number of halogens is 4. The van der Waals surface area contributed by atoms with Gasteiger partial charge in [0.25, 0.3) is 0 Å². The van der Waals surface area contributed by atoms with Crippen molar-refractivity contribution >= 4 is 60.5 Å². The SMILES string of the molecule is Nc1cc(F)c(Br)cc1Nc1ccc(Br)cc1Cl. The first-order chi connectivity index (χ1) is 8.47. The van der Waals surface area contributed by atoms with E-state index in [1.165, 1.54) is 6.07 Å². The fourth-order valence-corrected chi connectivity index (χ4v) is 2.47. The molecule has 0 aromatic heterocycles. The van der Waals surface area contributed by atoms with Crippen LogP contribution in [0.5, 0.6) is 0 Å². The molecule has 94 valence electrons. The second-order valence-corrected chi connectivity index (χ2v) is 5.78. The van der Waals surface area contributed by atoms with Crippen LogP contribution in [0.15, 0.2) is 39.3 Å². The Morgan fingerprint density at radius 3 is 2.50 bits per heavy atom. The fourth-order valence-electron chi connectivity index (χ4n) is 1.41. The second-order valence-electron chi connectivity index (χ2n) is 3.60. The van der Waals surface area contributed by atoms with Gasteiger partial charge in [-0.05, 0) is 40.2 Å². The lowest BCUT2D eigenvalue weighted by atomic mass is 10.2. The van der Waals surface area contributed by atoms with Crippen LogP contribution in [0.4, 0.5) is 21.5 Å². The van der Waals surface area contributed by atoms with Gasteiger partial charge < -0.3 is 11.1 Å². The molecule has 3 N–H and O–H groups in total. The van der Waals surface area contributed by atoms with Crippen LogP contribution in [0, 0.1) is 5.82 Å². The molecule has 0 atom stereocenters. The van der Waals surface area contributed by atoms with Gasteiger partial charge in [0.15, 0.2) is 0 Å². The highest BCUT2D eigenvalue weighted by Crippen LogP contribution is 2.33. The average Bonchev–Trinajstić information content (AvgIpc) is 2.29. The zero-order chi connectivity index (χ0) is 13.3. The average molecular weight is 394 g/mol. The molecule has 2 rings (SSSR count). The van der Waals surface area contributed by atoms with Crippen molar-refractivity contribution in [2.75, 3.05) is 11.1 Å². The Labute approximate surface area is 126 Å². The van der Waals surface area contributed by atoms with E-state index in [-0.39, 0.29) is 0 Å². The van der Waals surface area contributed by atoms with Gasteiger partial charge >= 0.3 is 0 Å². The minimum Gasteiger partial charge on any atom is -0.397 e. The third kappa shape index (κ3) is 2.96. The molecule has 0 amide bonds. The summed E-state index contributed by atoms with van der Waals surface area (Å²) in [4.78, 5) is 0. The summed E-state index contributed by atoms with van der Waals surface area (Å²) in [5.74, 6) is -0.403. The molecule has 2 nitrogen and oxygen atoms in total. The summed E-state index contributed by atoms with van der Waals surface area (Å²) in [6, 6.07) is 8.24. The predicted molar refractivity (Wildman–Crippen MR) is 80.9 cm³/mol. The highest BCUT2D eigenvalue weighted by Gasteiger charge is 2.08. The van der Waals surface area contributed by atoms with Crippen LogP contribution in [-0.2, 0) is 0 Å². The first-order valence-electron chi connectivity index (χ1n) is 4.94. The summed E-state index contributed by atoms with van der Waals surface area (Å²) in [5.41, 5.74) is 7.35. The Kier molecular flexibility index (Phi) is 4.14. The Morgan fingerprint density at radius 2 is 1.83 bits per heavy atom. The van der Waals surface area contributed by atoms with E-state index in [9.17, 15) is 4.39 Å². The monoisotopic (exact) mass is 392 g/mol. The predicted octanol–water partition coefficient (Wildman–Crippen LogP) is 5.33. The number of anilines is 3. The smallest absolute Gasteiger partial charge is 0.139 e. The molecule has 2 aromatic rings. The molecule has 0 fully saturated rings. The first-order valence-corrected chi connectivity index (χ1v) is 6.90. The van der Waals surface area contributed by atoms with Crippen molar-refractivity contribution in [1.29, 1.82) is 0 Å². The maximum absolute atomic E-state index is 13.2. The molecule has 18 heavy (non-hydrogen) atoms. The summed E-state index contributed by atoms with van der Waals surface area (Å²) in [6.45, 7) is 0. The zero-order valence-corrected chi connectivity index (χ0v) is 12.9. The Hall–Kier alpha value is -0.780. The van der Waals surface area contributed by atoms with Crippen molar-refractivity contribution in [3.8, 4) is 0 Å². The highest BCUT2D eigenvalue weighted by atomic mass is 79.9. The van der Waals surface area contributed by atoms with Crippen LogP contribution in [0.1, 0.15) is 0 Å². The lowest BCUT2D eigenvalue weighted by Gasteiger charge is -2.12. The molecule has 0 spiro atoms. The third-order valence-electron chi connectivity index (χ3n) is 2.29. The van der Waals surface area contributed by atoms with Crippen LogP contribution in [0.2, 0.25) is 5.02 Å². The molecule has 0 aliphatic rings. The van der Waals surface area contributed by atoms with Gasteiger partial charge in [0.05, 0.1) is 26.6 Å². The molecule has 0 unspecified atom stereocenters. The maximum atomic E-state index is 13.2. The lowest BCUT2D eigenvalue weighted by Crippen LogP contribution is -1.98. The van der Waals surface area contributed by atoms with E-state index in [4.69, 9.17) is 17.3 Å². The molecule has 0 bridgehead atoms. The van der Waals surface area contributed by atoms with Gasteiger partial charge in [0.1, 0.15) is 5.82 Å². The molecule has 0 saturated carbocycles. The van der Waals surface area contributed by atoms with E-state index in [0.717, 1.165) is 4.47 Å². The van der Waals surface area contributed by atoms with Gasteiger partial charge in [0.2, 0.25) is 0 Å². The van der Waals surface area contributed by atoms with Gasteiger partial charge in [0, 0.05) is 10.5 Å². The van der Waals surface area contributed by atoms with Crippen LogP contribution in [0.3, 0.4) is 0 Å². The van der Waals surface area contributed by atoms with Gasteiger partial charge in [-0.1, -0.05) is 27.5 Å². The van der Waals surface area contributed by atoms with Gasteiger partial charge in [-0.3, -0.25) is 0 Å². The van der Waals surface area contributed by atoms with Crippen LogP contribution >= 0.6 is 43.5 Å². The Morgan fingerprint density at radius 1 is 1.11 bits per heavy atom. The first kappa shape index (κ1) is 13.6. The van der Waals surface area contributed by atoms with E-state index in [1.54, 1.807) is 12.1 Å². The minimum atomic E-state index is -0.403.